The minimum Gasteiger partial charge on any atom is -0.457 e. The molecule has 0 bridgehead atoms. The van der Waals surface area contributed by atoms with Crippen molar-refractivity contribution in [3.63, 3.8) is 0 Å². The molecule has 0 atom stereocenters. The van der Waals surface area contributed by atoms with Gasteiger partial charge < -0.3 is 24.8 Å². The van der Waals surface area contributed by atoms with E-state index in [2.05, 4.69) is 25.5 Å². The fourth-order valence-electron chi connectivity index (χ4n) is 4.99. The molecule has 43 heavy (non-hydrogen) atoms. The van der Waals surface area contributed by atoms with Gasteiger partial charge in [-0.25, -0.2) is 9.37 Å². The number of nitrogens with one attached hydrogen (secondary N) is 2. The van der Waals surface area contributed by atoms with Crippen molar-refractivity contribution in [3.8, 4) is 22.6 Å². The van der Waals surface area contributed by atoms with Gasteiger partial charge >= 0.3 is 0 Å². The van der Waals surface area contributed by atoms with E-state index >= 15 is 0 Å². The summed E-state index contributed by atoms with van der Waals surface area (Å²) in [6.07, 6.45) is 6.68. The lowest BCUT2D eigenvalue weighted by molar-refractivity contribution is 0.102. The zero-order valence-corrected chi connectivity index (χ0v) is 23.9. The summed E-state index contributed by atoms with van der Waals surface area (Å²) < 4.78 is 21.5. The summed E-state index contributed by atoms with van der Waals surface area (Å²) in [7, 11) is 0. The Bertz CT molecular complexity index is 1830. The monoisotopic (exact) mass is 578 g/mol. The first kappa shape index (κ1) is 28.0. The molecular weight excluding hydrogens is 547 g/mol. The molecule has 0 aliphatic carbocycles. The Morgan fingerprint density at radius 3 is 2.47 bits per heavy atom. The fraction of sp³-hybridized carbons (Fsp3) is 0.212. The van der Waals surface area contributed by atoms with Crippen LogP contribution in [0.4, 0.5) is 15.9 Å². The summed E-state index contributed by atoms with van der Waals surface area (Å²) in [4.78, 5) is 37.9. The van der Waals surface area contributed by atoms with E-state index in [4.69, 9.17) is 4.74 Å². The quantitative estimate of drug-likeness (QED) is 0.258. The first-order valence-corrected chi connectivity index (χ1v) is 14.2. The lowest BCUT2D eigenvalue weighted by atomic mass is 10.0. The molecule has 2 aromatic carbocycles. The zero-order valence-electron chi connectivity index (χ0n) is 23.9. The van der Waals surface area contributed by atoms with Gasteiger partial charge in [0, 0.05) is 67.4 Å². The SMILES string of the molecule is CC(C)n1cc(C(=O)Nc2ccc(Oc3ccnc4cnc(N5CCNCC5)cc34)cc2)c(=O)c(-c2ccc(F)cc2)c1. The molecule has 4 heterocycles. The van der Waals surface area contributed by atoms with Crippen LogP contribution in [0.5, 0.6) is 11.5 Å². The van der Waals surface area contributed by atoms with Gasteiger partial charge in [0.1, 0.15) is 28.7 Å². The molecule has 0 spiro atoms. The van der Waals surface area contributed by atoms with Gasteiger partial charge in [-0.1, -0.05) is 12.1 Å². The number of pyridine rings is 3. The van der Waals surface area contributed by atoms with E-state index in [0.717, 1.165) is 42.9 Å². The molecule has 1 saturated heterocycles. The molecule has 0 unspecified atom stereocenters. The van der Waals surface area contributed by atoms with Crippen LogP contribution < -0.4 is 25.7 Å². The van der Waals surface area contributed by atoms with Crippen LogP contribution in [0.1, 0.15) is 30.2 Å². The van der Waals surface area contributed by atoms with E-state index in [1.54, 1.807) is 53.6 Å². The summed E-state index contributed by atoms with van der Waals surface area (Å²) in [5.74, 6) is 1.16. The minimum absolute atomic E-state index is 0.00392. The Morgan fingerprint density at radius 2 is 1.74 bits per heavy atom. The Morgan fingerprint density at radius 1 is 1.00 bits per heavy atom. The number of carbonyl (C=O) groups is 1. The number of hydrogen-bond donors (Lipinski definition) is 2. The number of aromatic nitrogens is 3. The zero-order chi connectivity index (χ0) is 29.9. The maximum absolute atomic E-state index is 13.5. The van der Waals surface area contributed by atoms with E-state index in [-0.39, 0.29) is 11.6 Å². The third-order valence-corrected chi connectivity index (χ3v) is 7.40. The molecule has 1 aliphatic heterocycles. The topological polar surface area (TPSA) is 101 Å². The number of nitrogens with zero attached hydrogens (tertiary/aromatic N) is 4. The average Bonchev–Trinajstić information content (AvgIpc) is 3.03. The van der Waals surface area contributed by atoms with Crippen molar-refractivity contribution >= 4 is 28.3 Å². The van der Waals surface area contributed by atoms with Crippen LogP contribution in [-0.2, 0) is 0 Å². The normalized spacial score (nSPS) is 13.3. The van der Waals surface area contributed by atoms with Crippen LogP contribution >= 0.6 is 0 Å². The van der Waals surface area contributed by atoms with E-state index in [9.17, 15) is 14.0 Å². The number of carbonyl (C=O) groups excluding carboxylic acids is 1. The summed E-state index contributed by atoms with van der Waals surface area (Å²) >= 11 is 0. The molecule has 2 N–H and O–H groups in total. The van der Waals surface area contributed by atoms with Gasteiger partial charge in [-0.15, -0.1) is 0 Å². The molecule has 0 radical (unpaired) electrons. The summed E-state index contributed by atoms with van der Waals surface area (Å²) in [5.41, 5.74) is 1.66. The molecule has 9 nitrogen and oxygen atoms in total. The van der Waals surface area contributed by atoms with Gasteiger partial charge in [0.25, 0.3) is 5.91 Å². The second kappa shape index (κ2) is 12.0. The largest absolute Gasteiger partial charge is 0.457 e. The molecule has 1 fully saturated rings. The Balaban J connectivity index is 1.22. The lowest BCUT2D eigenvalue weighted by Crippen LogP contribution is -2.43. The molecular formula is C33H31FN6O3. The van der Waals surface area contributed by atoms with E-state index in [1.807, 2.05) is 26.0 Å². The van der Waals surface area contributed by atoms with E-state index in [1.165, 1.54) is 24.3 Å². The molecule has 6 rings (SSSR count). The highest BCUT2D eigenvalue weighted by Gasteiger charge is 2.18. The standard InChI is InChI=1S/C33H31FN6O3/c1-21(2)40-19-27(22-3-5-23(34)6-4-22)32(41)28(20-40)33(42)38-24-7-9-25(10-8-24)43-30-11-12-36-29-18-37-31(17-26(29)30)39-15-13-35-14-16-39/h3-12,17-21,35H,13-16H2,1-2H3,(H,38,42). The van der Waals surface area contributed by atoms with Crippen molar-refractivity contribution in [2.45, 2.75) is 19.9 Å². The number of halogens is 1. The summed E-state index contributed by atoms with van der Waals surface area (Å²) in [6.45, 7) is 7.48. The van der Waals surface area contributed by atoms with Gasteiger partial charge in [-0.05, 0) is 67.9 Å². The van der Waals surface area contributed by atoms with Gasteiger partial charge in [0.15, 0.2) is 0 Å². The molecule has 5 aromatic rings. The highest BCUT2D eigenvalue weighted by Crippen LogP contribution is 2.31. The second-order valence-electron chi connectivity index (χ2n) is 10.6. The van der Waals surface area contributed by atoms with Crippen molar-refractivity contribution in [3.05, 3.63) is 107 Å². The van der Waals surface area contributed by atoms with Crippen LogP contribution in [0, 0.1) is 5.82 Å². The van der Waals surface area contributed by atoms with Crippen LogP contribution in [-0.4, -0.2) is 46.6 Å². The molecule has 3 aromatic heterocycles. The predicted molar refractivity (Wildman–Crippen MR) is 166 cm³/mol. The molecule has 10 heteroatoms. The minimum atomic E-state index is -0.537. The number of hydrogen-bond acceptors (Lipinski definition) is 7. The maximum Gasteiger partial charge on any atom is 0.261 e. The Hall–Kier alpha value is -5.09. The predicted octanol–water partition coefficient (Wildman–Crippen LogP) is 5.63. The van der Waals surface area contributed by atoms with Gasteiger partial charge in [-0.2, -0.15) is 0 Å². The van der Waals surface area contributed by atoms with Crippen LogP contribution in [0.25, 0.3) is 22.0 Å². The summed E-state index contributed by atoms with van der Waals surface area (Å²) in [6, 6.07) is 16.4. The van der Waals surface area contributed by atoms with Crippen LogP contribution in [0.3, 0.4) is 0 Å². The third kappa shape index (κ3) is 6.09. The number of rotatable bonds is 7. The number of amides is 1. The molecule has 1 aliphatic rings. The number of benzene rings is 2. The van der Waals surface area contributed by atoms with Crippen molar-refractivity contribution in [2.75, 3.05) is 36.4 Å². The molecule has 0 saturated carbocycles. The Labute approximate surface area is 248 Å². The first-order valence-electron chi connectivity index (χ1n) is 14.2. The second-order valence-corrected chi connectivity index (χ2v) is 10.6. The number of ether oxygens (including phenoxy) is 1. The molecule has 218 valence electrons. The highest BCUT2D eigenvalue weighted by molar-refractivity contribution is 6.04. The van der Waals surface area contributed by atoms with Crippen molar-refractivity contribution in [1.82, 2.24) is 19.9 Å². The smallest absolute Gasteiger partial charge is 0.261 e. The average molecular weight is 579 g/mol. The number of piperazine rings is 1. The molecule has 1 amide bonds. The Kier molecular flexibility index (Phi) is 7.84. The highest BCUT2D eigenvalue weighted by atomic mass is 19.1. The lowest BCUT2D eigenvalue weighted by Gasteiger charge is -2.28. The van der Waals surface area contributed by atoms with Gasteiger partial charge in [-0.3, -0.25) is 14.6 Å². The maximum atomic E-state index is 13.5. The van der Waals surface area contributed by atoms with E-state index in [0.29, 0.717) is 28.3 Å². The van der Waals surface area contributed by atoms with Crippen molar-refractivity contribution in [1.29, 1.82) is 0 Å². The number of anilines is 2. The number of fused-ring (bicyclic) bond motifs is 1. The fourth-order valence-corrected chi connectivity index (χ4v) is 4.99. The summed E-state index contributed by atoms with van der Waals surface area (Å²) in [5, 5.41) is 7.02. The van der Waals surface area contributed by atoms with Crippen LogP contribution in [0.2, 0.25) is 0 Å². The van der Waals surface area contributed by atoms with E-state index < -0.39 is 17.2 Å². The van der Waals surface area contributed by atoms with Gasteiger partial charge in [0.2, 0.25) is 5.43 Å². The first-order chi connectivity index (χ1) is 20.9. The van der Waals surface area contributed by atoms with Crippen LogP contribution in [0.15, 0.2) is 90.2 Å². The van der Waals surface area contributed by atoms with Gasteiger partial charge in [0.05, 0.1) is 11.7 Å². The third-order valence-electron chi connectivity index (χ3n) is 7.40. The van der Waals surface area contributed by atoms with Crippen molar-refractivity contribution < 1.29 is 13.9 Å². The van der Waals surface area contributed by atoms with Crippen molar-refractivity contribution in [2.24, 2.45) is 0 Å².